The number of carboxylic acids is 1. The second kappa shape index (κ2) is 7.78. The van der Waals surface area contributed by atoms with Crippen LogP contribution in [0.2, 0.25) is 0 Å². The van der Waals surface area contributed by atoms with Crippen LogP contribution in [-0.4, -0.2) is 53.2 Å². The fourth-order valence-corrected chi connectivity index (χ4v) is 2.85. The summed E-state index contributed by atoms with van der Waals surface area (Å²) < 4.78 is 5.09. The van der Waals surface area contributed by atoms with E-state index in [1.54, 1.807) is 29.2 Å². The molecule has 0 spiro atoms. The number of urea groups is 1. The Bertz CT molecular complexity index is 502. The summed E-state index contributed by atoms with van der Waals surface area (Å²) in [6, 6.07) is 6.60. The van der Waals surface area contributed by atoms with Crippen LogP contribution in [0.4, 0.5) is 10.5 Å². The Morgan fingerprint density at radius 2 is 2.19 bits per heavy atom. The highest BCUT2D eigenvalue weighted by Crippen LogP contribution is 2.18. The number of hydrogen-bond acceptors (Lipinski definition) is 4. The third-order valence-electron chi connectivity index (χ3n) is 2.96. The third-order valence-corrected chi connectivity index (χ3v) is 4.01. The smallest absolute Gasteiger partial charge is 0.341 e. The topological polar surface area (TPSA) is 78.9 Å². The van der Waals surface area contributed by atoms with E-state index in [0.717, 1.165) is 31.0 Å². The molecule has 0 bridgehead atoms. The lowest BCUT2D eigenvalue weighted by Crippen LogP contribution is -2.36. The predicted octanol–water partition coefficient (Wildman–Crippen LogP) is 2.12. The van der Waals surface area contributed by atoms with Crippen molar-refractivity contribution in [3.8, 4) is 5.75 Å². The first-order valence-corrected chi connectivity index (χ1v) is 7.89. The highest BCUT2D eigenvalue weighted by Gasteiger charge is 2.15. The minimum Gasteiger partial charge on any atom is -0.482 e. The van der Waals surface area contributed by atoms with Gasteiger partial charge in [-0.2, -0.15) is 11.8 Å². The van der Waals surface area contributed by atoms with Gasteiger partial charge in [-0.05, 0) is 24.3 Å². The molecule has 2 rings (SSSR count). The molecule has 0 aliphatic carbocycles. The van der Waals surface area contributed by atoms with Gasteiger partial charge in [-0.25, -0.2) is 9.59 Å². The molecule has 114 valence electrons. The number of nitrogens with zero attached hydrogens (tertiary/aromatic N) is 1. The molecule has 6 nitrogen and oxygen atoms in total. The number of anilines is 1. The number of amides is 2. The van der Waals surface area contributed by atoms with Crippen molar-refractivity contribution in [1.29, 1.82) is 0 Å². The minimum atomic E-state index is -1.04. The van der Waals surface area contributed by atoms with Crippen molar-refractivity contribution in [2.24, 2.45) is 0 Å². The number of hydrogen-bond donors (Lipinski definition) is 2. The van der Waals surface area contributed by atoms with Gasteiger partial charge in [-0.1, -0.05) is 6.07 Å². The predicted molar refractivity (Wildman–Crippen MR) is 82.1 cm³/mol. The van der Waals surface area contributed by atoms with Crippen LogP contribution in [0.1, 0.15) is 6.42 Å². The van der Waals surface area contributed by atoms with Crippen molar-refractivity contribution in [2.75, 3.05) is 36.5 Å². The first kappa shape index (κ1) is 15.5. The average molecular weight is 310 g/mol. The van der Waals surface area contributed by atoms with Crippen LogP contribution < -0.4 is 10.1 Å². The van der Waals surface area contributed by atoms with E-state index < -0.39 is 12.6 Å². The molecule has 1 aromatic rings. The molecular formula is C14H18N2O4S. The maximum Gasteiger partial charge on any atom is 0.341 e. The van der Waals surface area contributed by atoms with Crippen molar-refractivity contribution in [1.82, 2.24) is 4.90 Å². The Balaban J connectivity index is 1.93. The van der Waals surface area contributed by atoms with Gasteiger partial charge < -0.3 is 20.1 Å². The quantitative estimate of drug-likeness (QED) is 0.890. The van der Waals surface area contributed by atoms with E-state index in [0.29, 0.717) is 11.4 Å². The van der Waals surface area contributed by atoms with Gasteiger partial charge >= 0.3 is 12.0 Å². The monoisotopic (exact) mass is 310 g/mol. The molecule has 0 radical (unpaired) electrons. The normalized spacial score (nSPS) is 15.1. The number of thioether (sulfide) groups is 1. The first-order valence-electron chi connectivity index (χ1n) is 6.73. The van der Waals surface area contributed by atoms with Crippen molar-refractivity contribution in [3.05, 3.63) is 24.3 Å². The molecule has 0 aromatic heterocycles. The molecule has 0 unspecified atom stereocenters. The Labute approximate surface area is 127 Å². The Morgan fingerprint density at radius 1 is 1.33 bits per heavy atom. The summed E-state index contributed by atoms with van der Waals surface area (Å²) in [6.07, 6.45) is 1.000. The van der Waals surface area contributed by atoms with Crippen LogP contribution in [-0.2, 0) is 4.79 Å². The summed E-state index contributed by atoms with van der Waals surface area (Å²) in [5.41, 5.74) is 0.597. The lowest BCUT2D eigenvalue weighted by molar-refractivity contribution is -0.139. The molecule has 0 saturated carbocycles. The van der Waals surface area contributed by atoms with Crippen molar-refractivity contribution in [3.63, 3.8) is 0 Å². The van der Waals surface area contributed by atoms with Crippen molar-refractivity contribution < 1.29 is 19.4 Å². The molecular weight excluding hydrogens is 292 g/mol. The number of carbonyl (C=O) groups is 2. The maximum absolute atomic E-state index is 12.2. The molecule has 1 saturated heterocycles. The number of benzene rings is 1. The summed E-state index contributed by atoms with van der Waals surface area (Å²) in [4.78, 5) is 24.4. The van der Waals surface area contributed by atoms with Gasteiger partial charge in [0.2, 0.25) is 0 Å². The third kappa shape index (κ3) is 5.18. The molecule has 1 aliphatic rings. The molecule has 21 heavy (non-hydrogen) atoms. The lowest BCUT2D eigenvalue weighted by atomic mass is 10.3. The van der Waals surface area contributed by atoms with E-state index in [1.807, 2.05) is 11.8 Å². The maximum atomic E-state index is 12.2. The summed E-state index contributed by atoms with van der Waals surface area (Å²) in [7, 11) is 0. The number of carboxylic acid groups (broad SMARTS) is 1. The average Bonchev–Trinajstić information content (AvgIpc) is 2.74. The van der Waals surface area contributed by atoms with E-state index in [1.165, 1.54) is 0 Å². The van der Waals surface area contributed by atoms with E-state index in [-0.39, 0.29) is 6.03 Å². The highest BCUT2D eigenvalue weighted by molar-refractivity contribution is 7.99. The van der Waals surface area contributed by atoms with Crippen LogP contribution in [0.3, 0.4) is 0 Å². The second-order valence-electron chi connectivity index (χ2n) is 4.59. The van der Waals surface area contributed by atoms with E-state index in [2.05, 4.69) is 5.32 Å². The number of aliphatic carboxylic acids is 1. The fraction of sp³-hybridized carbons (Fsp3) is 0.429. The fourth-order valence-electron chi connectivity index (χ4n) is 1.96. The summed E-state index contributed by atoms with van der Waals surface area (Å²) in [5.74, 6) is 1.42. The standard InChI is InChI=1S/C14H18N2O4S/c17-13(18)10-20-12-4-1-3-11(9-12)15-14(19)16-5-2-7-21-8-6-16/h1,3-4,9H,2,5-8,10H2,(H,15,19)(H,17,18). The molecule has 0 atom stereocenters. The van der Waals surface area contributed by atoms with Gasteiger partial charge in [-0.15, -0.1) is 0 Å². The molecule has 2 amide bonds. The number of rotatable bonds is 4. The number of carbonyl (C=O) groups excluding carboxylic acids is 1. The zero-order chi connectivity index (χ0) is 15.1. The zero-order valence-electron chi connectivity index (χ0n) is 11.6. The Kier molecular flexibility index (Phi) is 5.74. The molecule has 1 aromatic carbocycles. The summed E-state index contributed by atoms with van der Waals surface area (Å²) in [5, 5.41) is 11.4. The molecule has 1 fully saturated rings. The van der Waals surface area contributed by atoms with E-state index in [9.17, 15) is 9.59 Å². The van der Waals surface area contributed by atoms with Gasteiger partial charge in [-0.3, -0.25) is 0 Å². The van der Waals surface area contributed by atoms with Crippen LogP contribution in [0.15, 0.2) is 24.3 Å². The number of nitrogens with one attached hydrogen (secondary N) is 1. The van der Waals surface area contributed by atoms with Crippen LogP contribution in [0, 0.1) is 0 Å². The molecule has 7 heteroatoms. The molecule has 2 N–H and O–H groups in total. The van der Waals surface area contributed by atoms with Crippen LogP contribution in [0.25, 0.3) is 0 Å². The summed E-state index contributed by atoms with van der Waals surface area (Å²) >= 11 is 1.86. The van der Waals surface area contributed by atoms with Gasteiger partial charge in [0.15, 0.2) is 6.61 Å². The largest absolute Gasteiger partial charge is 0.482 e. The van der Waals surface area contributed by atoms with Gasteiger partial charge in [0.1, 0.15) is 5.75 Å². The van der Waals surface area contributed by atoms with Crippen LogP contribution >= 0.6 is 11.8 Å². The van der Waals surface area contributed by atoms with Crippen molar-refractivity contribution in [2.45, 2.75) is 6.42 Å². The van der Waals surface area contributed by atoms with Crippen LogP contribution in [0.5, 0.6) is 5.75 Å². The summed E-state index contributed by atoms with van der Waals surface area (Å²) in [6.45, 7) is 1.10. The SMILES string of the molecule is O=C(O)COc1cccc(NC(=O)N2CCCSCC2)c1. The highest BCUT2D eigenvalue weighted by atomic mass is 32.2. The van der Waals surface area contributed by atoms with Gasteiger partial charge in [0.05, 0.1) is 0 Å². The Hall–Kier alpha value is -1.89. The number of ether oxygens (including phenoxy) is 1. The molecule has 1 aliphatic heterocycles. The minimum absolute atomic E-state index is 0.132. The first-order chi connectivity index (χ1) is 10.1. The van der Waals surface area contributed by atoms with E-state index in [4.69, 9.17) is 9.84 Å². The van der Waals surface area contributed by atoms with Gasteiger partial charge in [0.25, 0.3) is 0 Å². The zero-order valence-corrected chi connectivity index (χ0v) is 12.4. The molecule has 1 heterocycles. The second-order valence-corrected chi connectivity index (χ2v) is 5.82. The lowest BCUT2D eigenvalue weighted by Gasteiger charge is -2.20. The van der Waals surface area contributed by atoms with Crippen molar-refractivity contribution >= 4 is 29.4 Å². The van der Waals surface area contributed by atoms with E-state index >= 15 is 0 Å². The van der Waals surface area contributed by atoms with Gasteiger partial charge in [0, 0.05) is 30.6 Å². The Morgan fingerprint density at radius 3 is 3.00 bits per heavy atom.